The summed E-state index contributed by atoms with van der Waals surface area (Å²) in [4.78, 5) is 33.0. The highest BCUT2D eigenvalue weighted by atomic mass is 19.4. The third-order valence-electron chi connectivity index (χ3n) is 5.83. The van der Waals surface area contributed by atoms with E-state index < -0.39 is 17.6 Å². The predicted molar refractivity (Wildman–Crippen MR) is 137 cm³/mol. The fourth-order valence-corrected chi connectivity index (χ4v) is 3.75. The third kappa shape index (κ3) is 6.17. The van der Waals surface area contributed by atoms with E-state index in [1.165, 1.54) is 30.2 Å². The van der Waals surface area contributed by atoms with E-state index in [1.807, 2.05) is 6.92 Å². The molecule has 0 saturated heterocycles. The van der Waals surface area contributed by atoms with E-state index in [1.54, 1.807) is 43.5 Å². The van der Waals surface area contributed by atoms with Crippen molar-refractivity contribution in [3.8, 4) is 5.69 Å². The molecular weight excluding hydrogens is 497 g/mol. The van der Waals surface area contributed by atoms with Gasteiger partial charge in [0.25, 0.3) is 11.8 Å². The van der Waals surface area contributed by atoms with Gasteiger partial charge in [-0.3, -0.25) is 14.6 Å². The average molecular weight is 523 g/mol. The zero-order valence-electron chi connectivity index (χ0n) is 20.8. The molecule has 2 amide bonds. The van der Waals surface area contributed by atoms with E-state index in [2.05, 4.69) is 25.9 Å². The molecule has 0 aliphatic rings. The van der Waals surface area contributed by atoms with Crippen LogP contribution in [0.25, 0.3) is 5.69 Å². The van der Waals surface area contributed by atoms with E-state index in [0.717, 1.165) is 23.3 Å². The summed E-state index contributed by atoms with van der Waals surface area (Å²) in [6.07, 6.45) is -0.0760. The number of aryl methyl sites for hydroxylation is 2. The minimum atomic E-state index is -4.60. The van der Waals surface area contributed by atoms with Gasteiger partial charge in [-0.15, -0.1) is 0 Å². The van der Waals surface area contributed by atoms with Gasteiger partial charge in [0, 0.05) is 48.6 Å². The zero-order chi connectivity index (χ0) is 27.4. The second kappa shape index (κ2) is 10.8. The summed E-state index contributed by atoms with van der Waals surface area (Å²) in [5, 5.41) is 8.31. The van der Waals surface area contributed by atoms with Crippen molar-refractivity contribution >= 4 is 23.2 Å². The molecule has 8 nitrogen and oxygen atoms in total. The molecule has 4 rings (SSSR count). The van der Waals surface area contributed by atoms with Crippen molar-refractivity contribution in [1.82, 2.24) is 19.9 Å². The molecule has 0 fully saturated rings. The quantitative estimate of drug-likeness (QED) is 0.313. The molecule has 0 spiro atoms. The molecule has 2 aromatic carbocycles. The number of benzene rings is 2. The number of rotatable bonds is 7. The summed E-state index contributed by atoms with van der Waals surface area (Å²) in [7, 11) is 1.52. The standard InChI is InChI=1S/C27H25F3N6O2/c1-16-4-5-18(8-19(16)13-33-21-6-7-32-24(12-21)26(38)31-3)25(37)35-22-9-20(27(28,29)30)10-23(11-22)36-14-17(2)34-15-36/h4-12,14-15H,13H2,1-3H3,(H,31,38)(H,32,33)(H,35,37). The first kappa shape index (κ1) is 26.4. The van der Waals surface area contributed by atoms with E-state index in [9.17, 15) is 22.8 Å². The summed E-state index contributed by atoms with van der Waals surface area (Å²) in [6, 6.07) is 11.7. The number of hydrogen-bond acceptors (Lipinski definition) is 5. The Hall–Kier alpha value is -4.67. The maximum atomic E-state index is 13.6. The SMILES string of the molecule is CNC(=O)c1cc(NCc2cc(C(=O)Nc3cc(-n4cnc(C)c4)cc(C(F)(F)F)c3)ccc2C)ccn1. The number of amides is 2. The zero-order valence-corrected chi connectivity index (χ0v) is 20.8. The number of alkyl halides is 3. The summed E-state index contributed by atoms with van der Waals surface area (Å²) in [5.74, 6) is -0.867. The number of nitrogens with one attached hydrogen (secondary N) is 3. The fourth-order valence-electron chi connectivity index (χ4n) is 3.75. The molecule has 0 atom stereocenters. The van der Waals surface area contributed by atoms with E-state index in [4.69, 9.17) is 0 Å². The second-order valence-corrected chi connectivity index (χ2v) is 8.65. The van der Waals surface area contributed by atoms with Crippen LogP contribution < -0.4 is 16.0 Å². The van der Waals surface area contributed by atoms with Crippen molar-refractivity contribution < 1.29 is 22.8 Å². The molecule has 38 heavy (non-hydrogen) atoms. The van der Waals surface area contributed by atoms with Crippen LogP contribution in [0.1, 0.15) is 43.2 Å². The van der Waals surface area contributed by atoms with E-state index in [-0.39, 0.29) is 28.5 Å². The molecule has 0 bridgehead atoms. The summed E-state index contributed by atoms with van der Waals surface area (Å²) in [5.41, 5.74) is 2.90. The first-order valence-electron chi connectivity index (χ1n) is 11.6. The largest absolute Gasteiger partial charge is 0.416 e. The highest BCUT2D eigenvalue weighted by Crippen LogP contribution is 2.33. The van der Waals surface area contributed by atoms with Crippen LogP contribution in [0.2, 0.25) is 0 Å². The Morgan fingerprint density at radius 1 is 0.947 bits per heavy atom. The van der Waals surface area contributed by atoms with Crippen LogP contribution in [-0.4, -0.2) is 33.4 Å². The molecule has 0 radical (unpaired) electrons. The number of carbonyl (C=O) groups is 2. The van der Waals surface area contributed by atoms with Gasteiger partial charge >= 0.3 is 6.18 Å². The van der Waals surface area contributed by atoms with Crippen LogP contribution in [0.4, 0.5) is 24.5 Å². The molecule has 2 heterocycles. The van der Waals surface area contributed by atoms with Crippen LogP contribution in [0, 0.1) is 13.8 Å². The van der Waals surface area contributed by atoms with Crippen LogP contribution >= 0.6 is 0 Å². The lowest BCUT2D eigenvalue weighted by Crippen LogP contribution is -2.19. The number of nitrogens with zero attached hydrogens (tertiary/aromatic N) is 3. The number of carbonyl (C=O) groups excluding carboxylic acids is 2. The van der Waals surface area contributed by atoms with Crippen molar-refractivity contribution in [3.05, 3.63) is 101 Å². The first-order valence-corrected chi connectivity index (χ1v) is 11.6. The lowest BCUT2D eigenvalue weighted by Gasteiger charge is -2.15. The highest BCUT2D eigenvalue weighted by molar-refractivity contribution is 6.04. The van der Waals surface area contributed by atoms with Crippen LogP contribution in [0.15, 0.2) is 67.3 Å². The Balaban J connectivity index is 1.55. The van der Waals surface area contributed by atoms with Gasteiger partial charge in [0.1, 0.15) is 5.69 Å². The number of pyridine rings is 1. The van der Waals surface area contributed by atoms with Crippen molar-refractivity contribution in [2.75, 3.05) is 17.7 Å². The number of anilines is 2. The Labute approximate surface area is 216 Å². The lowest BCUT2D eigenvalue weighted by molar-refractivity contribution is -0.137. The number of halogens is 3. The second-order valence-electron chi connectivity index (χ2n) is 8.65. The van der Waals surface area contributed by atoms with Crippen LogP contribution in [-0.2, 0) is 12.7 Å². The Bertz CT molecular complexity index is 1500. The molecule has 0 aliphatic carbocycles. The van der Waals surface area contributed by atoms with E-state index in [0.29, 0.717) is 17.9 Å². The van der Waals surface area contributed by atoms with Crippen LogP contribution in [0.3, 0.4) is 0 Å². The topological polar surface area (TPSA) is 101 Å². The van der Waals surface area contributed by atoms with Gasteiger partial charge in [-0.25, -0.2) is 4.98 Å². The third-order valence-corrected chi connectivity index (χ3v) is 5.83. The van der Waals surface area contributed by atoms with Crippen molar-refractivity contribution in [1.29, 1.82) is 0 Å². The summed E-state index contributed by atoms with van der Waals surface area (Å²) >= 11 is 0. The van der Waals surface area contributed by atoms with Crippen molar-refractivity contribution in [2.24, 2.45) is 0 Å². The molecule has 3 N–H and O–H groups in total. The van der Waals surface area contributed by atoms with Crippen molar-refractivity contribution in [2.45, 2.75) is 26.6 Å². The Morgan fingerprint density at radius 3 is 2.42 bits per heavy atom. The molecule has 11 heteroatoms. The summed E-state index contributed by atoms with van der Waals surface area (Å²) in [6.45, 7) is 3.96. The van der Waals surface area contributed by atoms with Gasteiger partial charge in [0.15, 0.2) is 0 Å². The Morgan fingerprint density at radius 2 is 1.74 bits per heavy atom. The fraction of sp³-hybridized carbons (Fsp3) is 0.185. The predicted octanol–water partition coefficient (Wildman–Crippen LogP) is 5.13. The molecule has 4 aromatic rings. The lowest BCUT2D eigenvalue weighted by atomic mass is 10.0. The van der Waals surface area contributed by atoms with Gasteiger partial charge < -0.3 is 20.5 Å². The number of hydrogen-bond donors (Lipinski definition) is 3. The maximum Gasteiger partial charge on any atom is 0.416 e. The minimum absolute atomic E-state index is 0.00458. The van der Waals surface area contributed by atoms with Crippen molar-refractivity contribution in [3.63, 3.8) is 0 Å². The van der Waals surface area contributed by atoms with Gasteiger partial charge in [-0.1, -0.05) is 6.07 Å². The van der Waals surface area contributed by atoms with E-state index >= 15 is 0 Å². The van der Waals surface area contributed by atoms with Gasteiger partial charge in [-0.05, 0) is 67.4 Å². The van der Waals surface area contributed by atoms with Crippen LogP contribution in [0.5, 0.6) is 0 Å². The molecule has 0 unspecified atom stereocenters. The normalized spacial score (nSPS) is 11.2. The number of aromatic nitrogens is 3. The van der Waals surface area contributed by atoms with Gasteiger partial charge in [0.2, 0.25) is 0 Å². The smallest absolute Gasteiger partial charge is 0.381 e. The molecule has 0 aliphatic heterocycles. The highest BCUT2D eigenvalue weighted by Gasteiger charge is 2.31. The van der Waals surface area contributed by atoms with Gasteiger partial charge in [0.05, 0.1) is 17.6 Å². The Kier molecular flexibility index (Phi) is 7.47. The minimum Gasteiger partial charge on any atom is -0.381 e. The van der Waals surface area contributed by atoms with Gasteiger partial charge in [-0.2, -0.15) is 13.2 Å². The number of imidazole rings is 1. The first-order chi connectivity index (χ1) is 18.0. The molecule has 2 aromatic heterocycles. The average Bonchev–Trinajstić information content (AvgIpc) is 3.33. The molecule has 196 valence electrons. The molecule has 0 saturated carbocycles. The monoisotopic (exact) mass is 522 g/mol. The maximum absolute atomic E-state index is 13.6. The molecular formula is C27H25F3N6O2. The summed E-state index contributed by atoms with van der Waals surface area (Å²) < 4.78 is 42.2.